The maximum atomic E-state index is 12.2. The molecule has 106 valence electrons. The Morgan fingerprint density at radius 3 is 3.10 bits per heavy atom. The first kappa shape index (κ1) is 13.3. The van der Waals surface area contributed by atoms with Crippen LogP contribution in [0.4, 0.5) is 0 Å². The Kier molecular flexibility index (Phi) is 3.65. The summed E-state index contributed by atoms with van der Waals surface area (Å²) >= 11 is 0. The summed E-state index contributed by atoms with van der Waals surface area (Å²) in [7, 11) is 0. The van der Waals surface area contributed by atoms with Crippen LogP contribution in [0.15, 0.2) is 36.9 Å². The Balaban J connectivity index is 1.72. The third kappa shape index (κ3) is 2.77. The van der Waals surface area contributed by atoms with Gasteiger partial charge in [-0.1, -0.05) is 0 Å². The second-order valence-corrected chi connectivity index (χ2v) is 5.13. The van der Waals surface area contributed by atoms with E-state index in [9.17, 15) is 4.79 Å². The van der Waals surface area contributed by atoms with E-state index in [2.05, 4.69) is 21.5 Å². The highest BCUT2D eigenvalue weighted by atomic mass is 16.1. The number of hydrogen-bond acceptors (Lipinski definition) is 4. The van der Waals surface area contributed by atoms with Crippen molar-refractivity contribution < 1.29 is 4.79 Å². The Bertz CT molecular complexity index is 673. The third-order valence-corrected chi connectivity index (χ3v) is 3.75. The van der Waals surface area contributed by atoms with Crippen LogP contribution in [-0.2, 0) is 0 Å². The summed E-state index contributed by atoms with van der Waals surface area (Å²) in [5.41, 5.74) is 1.29. The molecule has 6 nitrogen and oxygen atoms in total. The van der Waals surface area contributed by atoms with Crippen LogP contribution in [0, 0.1) is 17.2 Å². The molecule has 21 heavy (non-hydrogen) atoms. The fourth-order valence-corrected chi connectivity index (χ4v) is 2.61. The molecule has 1 N–H and O–H groups in total. The van der Waals surface area contributed by atoms with E-state index in [-0.39, 0.29) is 17.9 Å². The van der Waals surface area contributed by atoms with E-state index in [1.165, 1.54) is 6.20 Å². The van der Waals surface area contributed by atoms with E-state index in [1.54, 1.807) is 23.3 Å². The molecule has 0 saturated heterocycles. The molecule has 6 heteroatoms. The number of rotatable bonds is 3. The topological polar surface area (TPSA) is 83.6 Å². The van der Waals surface area contributed by atoms with Crippen molar-refractivity contribution in [2.45, 2.75) is 25.3 Å². The molecule has 1 saturated carbocycles. The summed E-state index contributed by atoms with van der Waals surface area (Å²) in [5, 5.41) is 16.2. The molecule has 0 aliphatic heterocycles. The maximum Gasteiger partial charge on any atom is 0.254 e. The lowest BCUT2D eigenvalue weighted by atomic mass is 10.1. The molecular weight excluding hydrogens is 266 g/mol. The zero-order chi connectivity index (χ0) is 14.7. The van der Waals surface area contributed by atoms with Crippen molar-refractivity contribution in [3.05, 3.63) is 42.5 Å². The van der Waals surface area contributed by atoms with E-state index in [0.717, 1.165) is 24.9 Å². The fraction of sp³-hybridized carbons (Fsp3) is 0.333. The predicted molar refractivity (Wildman–Crippen MR) is 75.6 cm³/mol. The van der Waals surface area contributed by atoms with Crippen LogP contribution in [0.2, 0.25) is 0 Å². The fourth-order valence-electron chi connectivity index (χ4n) is 2.61. The van der Waals surface area contributed by atoms with Crippen molar-refractivity contribution in [3.8, 4) is 11.8 Å². The summed E-state index contributed by atoms with van der Waals surface area (Å²) in [6.45, 7) is 0. The van der Waals surface area contributed by atoms with E-state index in [4.69, 9.17) is 5.26 Å². The highest BCUT2D eigenvalue weighted by Gasteiger charge is 2.28. The Hall–Kier alpha value is -2.68. The minimum absolute atomic E-state index is 0.0516. The van der Waals surface area contributed by atoms with Gasteiger partial charge in [0.1, 0.15) is 0 Å². The van der Waals surface area contributed by atoms with Gasteiger partial charge in [0.25, 0.3) is 5.91 Å². The van der Waals surface area contributed by atoms with E-state index >= 15 is 0 Å². The molecule has 2 heterocycles. The number of hydrogen-bond donors (Lipinski definition) is 1. The predicted octanol–water partition coefficient (Wildman–Crippen LogP) is 1.69. The number of nitrogens with one attached hydrogen (secondary N) is 1. The van der Waals surface area contributed by atoms with Gasteiger partial charge in [0.05, 0.1) is 35.6 Å². The molecule has 1 aliphatic rings. The summed E-state index contributed by atoms with van der Waals surface area (Å²) in [5.74, 6) is -0.264. The summed E-state index contributed by atoms with van der Waals surface area (Å²) in [6, 6.07) is 5.88. The molecule has 2 aromatic heterocycles. The van der Waals surface area contributed by atoms with Crippen LogP contribution in [0.25, 0.3) is 5.69 Å². The quantitative estimate of drug-likeness (QED) is 0.928. The summed E-state index contributed by atoms with van der Waals surface area (Å²) in [6.07, 6.45) is 9.26. The first-order valence-electron chi connectivity index (χ1n) is 6.93. The van der Waals surface area contributed by atoms with Gasteiger partial charge in [-0.15, -0.1) is 0 Å². The van der Waals surface area contributed by atoms with Crippen LogP contribution >= 0.6 is 0 Å². The van der Waals surface area contributed by atoms with Gasteiger partial charge in [-0.05, 0) is 31.4 Å². The molecular formula is C15H15N5O. The van der Waals surface area contributed by atoms with Gasteiger partial charge < -0.3 is 5.32 Å². The lowest BCUT2D eigenvalue weighted by molar-refractivity contribution is 0.0933. The third-order valence-electron chi connectivity index (χ3n) is 3.75. The number of nitrogens with zero attached hydrogens (tertiary/aromatic N) is 4. The average Bonchev–Trinajstić information content (AvgIpc) is 3.17. The molecule has 2 aromatic rings. The molecule has 2 unspecified atom stereocenters. The van der Waals surface area contributed by atoms with Crippen molar-refractivity contribution in [1.29, 1.82) is 5.26 Å². The SMILES string of the molecule is N#CC1CCCC1NC(=O)c1cnn(-c2cccnc2)c1. The second kappa shape index (κ2) is 5.75. The number of nitriles is 1. The molecule has 2 atom stereocenters. The van der Waals surface area contributed by atoms with Gasteiger partial charge in [-0.3, -0.25) is 9.78 Å². The summed E-state index contributed by atoms with van der Waals surface area (Å²) in [4.78, 5) is 16.2. The van der Waals surface area contributed by atoms with Crippen molar-refractivity contribution in [2.75, 3.05) is 0 Å². The smallest absolute Gasteiger partial charge is 0.254 e. The molecule has 1 aliphatic carbocycles. The molecule has 1 amide bonds. The summed E-state index contributed by atoms with van der Waals surface area (Å²) < 4.78 is 1.61. The van der Waals surface area contributed by atoms with Crippen LogP contribution in [0.1, 0.15) is 29.6 Å². The molecule has 0 bridgehead atoms. The molecule has 3 rings (SSSR count). The van der Waals surface area contributed by atoms with Crippen molar-refractivity contribution in [1.82, 2.24) is 20.1 Å². The number of carbonyl (C=O) groups is 1. The Morgan fingerprint density at radius 2 is 2.33 bits per heavy atom. The van der Waals surface area contributed by atoms with Crippen molar-refractivity contribution in [3.63, 3.8) is 0 Å². The van der Waals surface area contributed by atoms with Gasteiger partial charge in [0, 0.05) is 18.4 Å². The molecule has 1 fully saturated rings. The van der Waals surface area contributed by atoms with Gasteiger partial charge in [-0.25, -0.2) is 4.68 Å². The highest BCUT2D eigenvalue weighted by molar-refractivity contribution is 5.94. The Labute approximate surface area is 122 Å². The van der Waals surface area contributed by atoms with Gasteiger partial charge >= 0.3 is 0 Å². The van der Waals surface area contributed by atoms with Crippen LogP contribution in [0.3, 0.4) is 0 Å². The number of pyridine rings is 1. The molecule has 0 radical (unpaired) electrons. The normalized spacial score (nSPS) is 20.9. The minimum atomic E-state index is -0.183. The maximum absolute atomic E-state index is 12.2. The zero-order valence-corrected chi connectivity index (χ0v) is 11.4. The Morgan fingerprint density at radius 1 is 1.43 bits per heavy atom. The van der Waals surface area contributed by atoms with Crippen LogP contribution < -0.4 is 5.32 Å². The average molecular weight is 281 g/mol. The van der Waals surface area contributed by atoms with E-state index < -0.39 is 0 Å². The van der Waals surface area contributed by atoms with Gasteiger partial charge in [0.15, 0.2) is 0 Å². The van der Waals surface area contributed by atoms with E-state index in [0.29, 0.717) is 5.56 Å². The number of aromatic nitrogens is 3. The highest BCUT2D eigenvalue weighted by Crippen LogP contribution is 2.25. The number of carbonyl (C=O) groups excluding carboxylic acids is 1. The zero-order valence-electron chi connectivity index (χ0n) is 11.4. The van der Waals surface area contributed by atoms with Crippen LogP contribution in [0.5, 0.6) is 0 Å². The van der Waals surface area contributed by atoms with E-state index in [1.807, 2.05) is 12.1 Å². The van der Waals surface area contributed by atoms with Gasteiger partial charge in [0.2, 0.25) is 0 Å². The van der Waals surface area contributed by atoms with Crippen molar-refractivity contribution in [2.24, 2.45) is 5.92 Å². The van der Waals surface area contributed by atoms with Crippen molar-refractivity contribution >= 4 is 5.91 Å². The molecule has 0 spiro atoms. The first-order chi connectivity index (χ1) is 10.3. The van der Waals surface area contributed by atoms with Crippen LogP contribution in [-0.4, -0.2) is 26.7 Å². The monoisotopic (exact) mass is 281 g/mol. The lowest BCUT2D eigenvalue weighted by Gasteiger charge is -2.14. The minimum Gasteiger partial charge on any atom is -0.348 e. The van der Waals surface area contributed by atoms with Gasteiger partial charge in [-0.2, -0.15) is 10.4 Å². The number of amides is 1. The molecule has 0 aromatic carbocycles. The lowest BCUT2D eigenvalue weighted by Crippen LogP contribution is -2.36. The standard InChI is InChI=1S/C15H15N5O/c16-7-11-3-1-5-14(11)19-15(21)12-8-18-20(10-12)13-4-2-6-17-9-13/h2,4,6,8-11,14H,1,3,5H2,(H,19,21). The first-order valence-corrected chi connectivity index (χ1v) is 6.93. The largest absolute Gasteiger partial charge is 0.348 e. The second-order valence-electron chi connectivity index (χ2n) is 5.13.